The monoisotopic (exact) mass is 467 g/mol. The Hall–Kier alpha value is -1.83. The predicted molar refractivity (Wildman–Crippen MR) is 126 cm³/mol. The van der Waals surface area contributed by atoms with E-state index in [0.29, 0.717) is 32.3 Å². The highest BCUT2D eigenvalue weighted by atomic mass is 19.1. The van der Waals surface area contributed by atoms with E-state index in [-0.39, 0.29) is 11.7 Å². The van der Waals surface area contributed by atoms with Crippen LogP contribution in [0.1, 0.15) is 42.4 Å². The van der Waals surface area contributed by atoms with E-state index in [1.807, 2.05) is 12.1 Å². The summed E-state index contributed by atoms with van der Waals surface area (Å²) in [6.07, 6.45) is 5.26. The molecule has 0 radical (unpaired) electrons. The van der Waals surface area contributed by atoms with Gasteiger partial charge >= 0.3 is 0 Å². The van der Waals surface area contributed by atoms with Crippen LogP contribution < -0.4 is 0 Å². The average Bonchev–Trinajstić information content (AvgIpc) is 3.57. The number of rotatable bonds is 5. The SMILES string of the molecule is Fc1ccc(C2(C3CCN(CCC4CCc5ccccc5C45OCCO5)CC3)OCCO2)cc1. The number of piperidine rings is 1. The third-order valence-corrected chi connectivity index (χ3v) is 8.29. The number of benzene rings is 2. The highest BCUT2D eigenvalue weighted by Gasteiger charge is 2.50. The molecule has 1 unspecified atom stereocenters. The van der Waals surface area contributed by atoms with Gasteiger partial charge in [0.1, 0.15) is 5.82 Å². The first-order valence-electron chi connectivity index (χ1n) is 12.8. The summed E-state index contributed by atoms with van der Waals surface area (Å²) in [6, 6.07) is 15.3. The molecular formula is C28H34FNO4. The molecule has 0 bridgehead atoms. The Labute approximate surface area is 201 Å². The lowest BCUT2D eigenvalue weighted by molar-refractivity contribution is -0.217. The molecule has 6 rings (SSSR count). The molecule has 5 nitrogen and oxygen atoms in total. The summed E-state index contributed by atoms with van der Waals surface area (Å²) in [5.74, 6) is -0.890. The third kappa shape index (κ3) is 3.90. The van der Waals surface area contributed by atoms with Gasteiger partial charge in [0.2, 0.25) is 0 Å². The van der Waals surface area contributed by atoms with Gasteiger partial charge in [0, 0.05) is 23.0 Å². The zero-order chi connectivity index (χ0) is 23.0. The molecule has 4 aliphatic rings. The van der Waals surface area contributed by atoms with Crippen molar-refractivity contribution in [1.82, 2.24) is 4.90 Å². The van der Waals surface area contributed by atoms with Crippen molar-refractivity contribution < 1.29 is 23.3 Å². The number of likely N-dealkylation sites (tertiary alicyclic amines) is 1. The van der Waals surface area contributed by atoms with Gasteiger partial charge in [-0.3, -0.25) is 0 Å². The fourth-order valence-corrected chi connectivity index (χ4v) is 6.60. The number of aryl methyl sites for hydroxylation is 1. The van der Waals surface area contributed by atoms with Crippen molar-refractivity contribution in [3.63, 3.8) is 0 Å². The minimum Gasteiger partial charge on any atom is -0.343 e. The molecule has 3 saturated heterocycles. The Morgan fingerprint density at radius 2 is 1.44 bits per heavy atom. The maximum Gasteiger partial charge on any atom is 0.198 e. The summed E-state index contributed by atoms with van der Waals surface area (Å²) in [5.41, 5.74) is 3.53. The number of nitrogens with zero attached hydrogens (tertiary/aromatic N) is 1. The van der Waals surface area contributed by atoms with Crippen molar-refractivity contribution in [2.45, 2.75) is 43.7 Å². The van der Waals surface area contributed by atoms with Crippen molar-refractivity contribution in [3.05, 3.63) is 71.0 Å². The Morgan fingerprint density at radius 1 is 0.794 bits per heavy atom. The van der Waals surface area contributed by atoms with Crippen LogP contribution in [0.5, 0.6) is 0 Å². The van der Waals surface area contributed by atoms with Crippen LogP contribution in [0.2, 0.25) is 0 Å². The fourth-order valence-electron chi connectivity index (χ4n) is 6.60. The summed E-state index contributed by atoms with van der Waals surface area (Å²) >= 11 is 0. The molecule has 1 spiro atoms. The van der Waals surface area contributed by atoms with E-state index in [0.717, 1.165) is 57.3 Å². The van der Waals surface area contributed by atoms with E-state index in [9.17, 15) is 4.39 Å². The van der Waals surface area contributed by atoms with E-state index < -0.39 is 11.6 Å². The lowest BCUT2D eigenvalue weighted by Crippen LogP contribution is -2.46. The van der Waals surface area contributed by atoms with Gasteiger partial charge in [-0.05, 0) is 69.4 Å². The minimum atomic E-state index is -0.734. The fraction of sp³-hybridized carbons (Fsp3) is 0.571. The molecule has 3 aliphatic heterocycles. The minimum absolute atomic E-state index is 0.231. The van der Waals surface area contributed by atoms with Gasteiger partial charge in [-0.15, -0.1) is 0 Å². The standard InChI is InChI=1S/C28H34FNO4/c29-25-9-7-22(8-10-25)27(31-17-18-32-27)24-12-15-30(16-13-24)14-11-23-6-5-21-3-1-2-4-26(21)28(23)33-19-20-34-28/h1-4,7-10,23-24H,5-6,11-20H2. The molecule has 0 aromatic heterocycles. The van der Waals surface area contributed by atoms with Crippen LogP contribution in [-0.2, 0) is 36.9 Å². The topological polar surface area (TPSA) is 40.2 Å². The second-order valence-electron chi connectivity index (χ2n) is 10.0. The summed E-state index contributed by atoms with van der Waals surface area (Å²) in [7, 11) is 0. The van der Waals surface area contributed by atoms with E-state index in [1.165, 1.54) is 23.3 Å². The molecule has 3 heterocycles. The predicted octanol–water partition coefficient (Wildman–Crippen LogP) is 4.59. The summed E-state index contributed by atoms with van der Waals surface area (Å²) in [5, 5.41) is 0. The number of ether oxygens (including phenoxy) is 4. The summed E-state index contributed by atoms with van der Waals surface area (Å²) < 4.78 is 38.5. The quantitative estimate of drug-likeness (QED) is 0.643. The number of halogens is 1. The second-order valence-corrected chi connectivity index (χ2v) is 10.0. The van der Waals surface area contributed by atoms with Crippen LogP contribution in [0.4, 0.5) is 4.39 Å². The average molecular weight is 468 g/mol. The van der Waals surface area contributed by atoms with Crippen molar-refractivity contribution in [2.75, 3.05) is 46.1 Å². The van der Waals surface area contributed by atoms with Crippen LogP contribution in [0, 0.1) is 17.7 Å². The molecule has 1 atom stereocenters. The highest BCUT2D eigenvalue weighted by molar-refractivity contribution is 5.34. The summed E-state index contributed by atoms with van der Waals surface area (Å²) in [6.45, 7) is 5.57. The van der Waals surface area contributed by atoms with E-state index >= 15 is 0 Å². The maximum atomic E-state index is 13.5. The molecule has 3 fully saturated rings. The van der Waals surface area contributed by atoms with Crippen molar-refractivity contribution in [1.29, 1.82) is 0 Å². The molecule has 0 saturated carbocycles. The smallest absolute Gasteiger partial charge is 0.198 e. The molecule has 0 amide bonds. The van der Waals surface area contributed by atoms with Gasteiger partial charge in [-0.2, -0.15) is 0 Å². The molecule has 6 heteroatoms. The Morgan fingerprint density at radius 3 is 2.15 bits per heavy atom. The maximum absolute atomic E-state index is 13.5. The van der Waals surface area contributed by atoms with Crippen LogP contribution in [0.25, 0.3) is 0 Å². The largest absolute Gasteiger partial charge is 0.343 e. The van der Waals surface area contributed by atoms with Crippen molar-refractivity contribution >= 4 is 0 Å². The second kappa shape index (κ2) is 9.32. The van der Waals surface area contributed by atoms with Crippen LogP contribution in [0.15, 0.2) is 48.5 Å². The summed E-state index contributed by atoms with van der Waals surface area (Å²) in [4.78, 5) is 2.56. The van der Waals surface area contributed by atoms with Crippen molar-refractivity contribution in [3.8, 4) is 0 Å². The molecule has 2 aromatic rings. The number of hydrogen-bond donors (Lipinski definition) is 0. The molecule has 34 heavy (non-hydrogen) atoms. The van der Waals surface area contributed by atoms with Gasteiger partial charge in [0.25, 0.3) is 0 Å². The van der Waals surface area contributed by atoms with Gasteiger partial charge in [0.05, 0.1) is 26.4 Å². The van der Waals surface area contributed by atoms with E-state index in [1.54, 1.807) is 0 Å². The van der Waals surface area contributed by atoms with Gasteiger partial charge in [0.15, 0.2) is 11.6 Å². The van der Waals surface area contributed by atoms with E-state index in [4.69, 9.17) is 18.9 Å². The van der Waals surface area contributed by atoms with Crippen LogP contribution in [0.3, 0.4) is 0 Å². The Bertz CT molecular complexity index is 976. The van der Waals surface area contributed by atoms with Crippen LogP contribution in [-0.4, -0.2) is 51.0 Å². The molecular weight excluding hydrogens is 433 g/mol. The first-order valence-corrected chi connectivity index (χ1v) is 12.8. The number of fused-ring (bicyclic) bond motifs is 2. The lowest BCUT2D eigenvalue weighted by atomic mass is 9.76. The van der Waals surface area contributed by atoms with Gasteiger partial charge in [-0.25, -0.2) is 4.39 Å². The Kier molecular flexibility index (Phi) is 6.20. The van der Waals surface area contributed by atoms with Gasteiger partial charge in [-0.1, -0.05) is 36.4 Å². The molecule has 182 valence electrons. The molecule has 2 aromatic carbocycles. The normalized spacial score (nSPS) is 26.7. The Balaban J connectivity index is 1.10. The van der Waals surface area contributed by atoms with Gasteiger partial charge < -0.3 is 23.8 Å². The first-order chi connectivity index (χ1) is 16.7. The number of hydrogen-bond acceptors (Lipinski definition) is 5. The molecule has 1 aliphatic carbocycles. The third-order valence-electron chi connectivity index (χ3n) is 8.29. The van der Waals surface area contributed by atoms with Crippen molar-refractivity contribution in [2.24, 2.45) is 11.8 Å². The highest BCUT2D eigenvalue weighted by Crippen LogP contribution is 2.48. The van der Waals surface area contributed by atoms with E-state index in [2.05, 4.69) is 29.2 Å². The molecule has 0 N–H and O–H groups in total. The lowest BCUT2D eigenvalue weighted by Gasteiger charge is -2.43. The zero-order valence-electron chi connectivity index (χ0n) is 19.7. The first kappa shape index (κ1) is 22.6. The zero-order valence-corrected chi connectivity index (χ0v) is 19.7. The van der Waals surface area contributed by atoms with Crippen LogP contribution >= 0.6 is 0 Å².